The number of nitrogens with one attached hydrogen (secondary N) is 1. The molecule has 1 amide bonds. The monoisotopic (exact) mass is 405 g/mol. The summed E-state index contributed by atoms with van der Waals surface area (Å²) in [7, 11) is 1.98. The van der Waals surface area contributed by atoms with Gasteiger partial charge in [0.15, 0.2) is 5.17 Å². The average molecular weight is 406 g/mol. The molecule has 1 aromatic rings. The van der Waals surface area contributed by atoms with Crippen LogP contribution in [0.1, 0.15) is 32.1 Å². The molecule has 1 N–H and O–H groups in total. The van der Waals surface area contributed by atoms with E-state index >= 15 is 0 Å². The number of amidine groups is 1. The van der Waals surface area contributed by atoms with Gasteiger partial charge >= 0.3 is 0 Å². The maximum Gasteiger partial charge on any atom is 0.226 e. The first-order valence-electron chi connectivity index (χ1n) is 8.21. The zero-order valence-corrected chi connectivity index (χ0v) is 16.4. The van der Waals surface area contributed by atoms with Crippen LogP contribution in [0.25, 0.3) is 0 Å². The van der Waals surface area contributed by atoms with Gasteiger partial charge in [0.25, 0.3) is 0 Å². The van der Waals surface area contributed by atoms with Gasteiger partial charge in [-0.15, -0.1) is 12.4 Å². The average Bonchev–Trinajstić information content (AvgIpc) is 3.16. The quantitative estimate of drug-likeness (QED) is 0.797. The number of aliphatic imine (C=N–C) groups is 1. The van der Waals surface area contributed by atoms with Crippen molar-refractivity contribution in [3.63, 3.8) is 0 Å². The number of hydrogen-bond donors (Lipinski definition) is 1. The molecule has 1 aromatic carbocycles. The summed E-state index contributed by atoms with van der Waals surface area (Å²) >= 11 is 7.42. The number of halogens is 3. The molecule has 1 saturated heterocycles. The molecule has 1 heterocycles. The van der Waals surface area contributed by atoms with Crippen molar-refractivity contribution < 1.29 is 9.18 Å². The van der Waals surface area contributed by atoms with Gasteiger partial charge in [0.1, 0.15) is 5.82 Å². The van der Waals surface area contributed by atoms with Crippen molar-refractivity contribution >= 4 is 52.5 Å². The van der Waals surface area contributed by atoms with Crippen LogP contribution in [0.2, 0.25) is 5.02 Å². The zero-order chi connectivity index (χ0) is 17.1. The van der Waals surface area contributed by atoms with Gasteiger partial charge in [-0.05, 0) is 31.0 Å². The topological polar surface area (TPSA) is 44.7 Å². The van der Waals surface area contributed by atoms with Crippen LogP contribution in [0.5, 0.6) is 0 Å². The van der Waals surface area contributed by atoms with Gasteiger partial charge in [-0.1, -0.05) is 36.2 Å². The zero-order valence-electron chi connectivity index (χ0n) is 14.0. The summed E-state index contributed by atoms with van der Waals surface area (Å²) in [5, 5.41) is 3.96. The van der Waals surface area contributed by atoms with Gasteiger partial charge in [-0.2, -0.15) is 0 Å². The van der Waals surface area contributed by atoms with Crippen LogP contribution in [0.3, 0.4) is 0 Å². The predicted octanol–water partition coefficient (Wildman–Crippen LogP) is 4.58. The Bertz CT molecular complexity index is 653. The molecule has 1 atom stereocenters. The van der Waals surface area contributed by atoms with E-state index in [0.29, 0.717) is 17.5 Å². The van der Waals surface area contributed by atoms with Crippen molar-refractivity contribution in [2.75, 3.05) is 18.1 Å². The summed E-state index contributed by atoms with van der Waals surface area (Å²) < 4.78 is 13.8. The molecule has 0 spiro atoms. The fraction of sp³-hybridized carbons (Fsp3) is 0.529. The third-order valence-electron chi connectivity index (χ3n) is 4.50. The molecule has 3 rings (SSSR count). The number of carbonyl (C=O) groups excluding carboxylic acids is 1. The maximum absolute atomic E-state index is 13.8. The van der Waals surface area contributed by atoms with Crippen molar-refractivity contribution in [2.45, 2.75) is 44.2 Å². The first-order valence-corrected chi connectivity index (χ1v) is 9.57. The summed E-state index contributed by atoms with van der Waals surface area (Å²) in [4.78, 5) is 19.1. The lowest BCUT2D eigenvalue weighted by molar-refractivity contribution is -0.116. The van der Waals surface area contributed by atoms with Gasteiger partial charge in [-0.3, -0.25) is 9.79 Å². The second-order valence-electron chi connectivity index (χ2n) is 6.30. The van der Waals surface area contributed by atoms with E-state index in [2.05, 4.69) is 10.2 Å². The lowest BCUT2D eigenvalue weighted by atomic mass is 10.2. The van der Waals surface area contributed by atoms with Crippen molar-refractivity contribution in [3.8, 4) is 0 Å². The SMILES string of the molecule is CN1C(=NC2CCCC2)SCC1CC(=O)Nc1ccc(Cl)cc1F.Cl. The lowest BCUT2D eigenvalue weighted by Crippen LogP contribution is -2.34. The Morgan fingerprint density at radius 3 is 2.84 bits per heavy atom. The Morgan fingerprint density at radius 1 is 1.44 bits per heavy atom. The smallest absolute Gasteiger partial charge is 0.226 e. The van der Waals surface area contributed by atoms with Crippen molar-refractivity contribution in [1.82, 2.24) is 4.90 Å². The Morgan fingerprint density at radius 2 is 2.16 bits per heavy atom. The fourth-order valence-electron chi connectivity index (χ4n) is 3.06. The van der Waals surface area contributed by atoms with Crippen LogP contribution in [0.4, 0.5) is 10.1 Å². The molecule has 1 unspecified atom stereocenters. The molecule has 0 radical (unpaired) electrons. The number of nitrogens with zero attached hydrogens (tertiary/aromatic N) is 2. The molecule has 0 bridgehead atoms. The Kier molecular flexibility index (Phi) is 7.40. The van der Waals surface area contributed by atoms with E-state index in [1.165, 1.54) is 37.8 Å². The van der Waals surface area contributed by atoms with Gasteiger partial charge in [0.2, 0.25) is 5.91 Å². The predicted molar refractivity (Wildman–Crippen MR) is 106 cm³/mol. The van der Waals surface area contributed by atoms with E-state index in [9.17, 15) is 9.18 Å². The second-order valence-corrected chi connectivity index (χ2v) is 7.73. The van der Waals surface area contributed by atoms with Crippen LogP contribution in [0.15, 0.2) is 23.2 Å². The number of amides is 1. The molecule has 4 nitrogen and oxygen atoms in total. The molecule has 1 aliphatic carbocycles. The van der Waals surface area contributed by atoms with Crippen molar-refractivity contribution in [3.05, 3.63) is 29.0 Å². The van der Waals surface area contributed by atoms with E-state index in [1.54, 1.807) is 17.8 Å². The van der Waals surface area contributed by atoms with Crippen molar-refractivity contribution in [2.24, 2.45) is 4.99 Å². The lowest BCUT2D eigenvalue weighted by Gasteiger charge is -2.21. The van der Waals surface area contributed by atoms with E-state index < -0.39 is 5.82 Å². The molecule has 1 saturated carbocycles. The van der Waals surface area contributed by atoms with Gasteiger partial charge in [0, 0.05) is 30.3 Å². The van der Waals surface area contributed by atoms with E-state index in [0.717, 1.165) is 10.9 Å². The van der Waals surface area contributed by atoms with Gasteiger partial charge in [-0.25, -0.2) is 4.39 Å². The highest BCUT2D eigenvalue weighted by Crippen LogP contribution is 2.29. The molecule has 138 valence electrons. The summed E-state index contributed by atoms with van der Waals surface area (Å²) in [6.45, 7) is 0. The van der Waals surface area contributed by atoms with E-state index in [1.807, 2.05) is 7.05 Å². The minimum absolute atomic E-state index is 0. The van der Waals surface area contributed by atoms with E-state index in [-0.39, 0.29) is 30.0 Å². The number of thioether (sulfide) groups is 1. The van der Waals surface area contributed by atoms with Crippen LogP contribution in [-0.2, 0) is 4.79 Å². The highest BCUT2D eigenvalue weighted by Gasteiger charge is 2.30. The molecule has 8 heteroatoms. The molecule has 0 aromatic heterocycles. The van der Waals surface area contributed by atoms with E-state index in [4.69, 9.17) is 16.6 Å². The van der Waals surface area contributed by atoms with Gasteiger partial charge in [0.05, 0.1) is 11.7 Å². The van der Waals surface area contributed by atoms with Crippen LogP contribution in [0, 0.1) is 5.82 Å². The summed E-state index contributed by atoms with van der Waals surface area (Å²) in [5.74, 6) is 0.114. The minimum Gasteiger partial charge on any atom is -0.350 e. The molecule has 1 aliphatic heterocycles. The first-order chi connectivity index (χ1) is 11.5. The minimum atomic E-state index is -0.520. The fourth-order valence-corrected chi connectivity index (χ4v) is 4.48. The normalized spacial score (nSPS) is 22.3. The summed E-state index contributed by atoms with van der Waals surface area (Å²) in [5.41, 5.74) is 0.164. The molecule has 2 aliphatic rings. The van der Waals surface area contributed by atoms with Crippen LogP contribution in [-0.4, -0.2) is 40.9 Å². The van der Waals surface area contributed by atoms with Gasteiger partial charge < -0.3 is 10.2 Å². The highest BCUT2D eigenvalue weighted by molar-refractivity contribution is 8.14. The Balaban J connectivity index is 0.00000225. The largest absolute Gasteiger partial charge is 0.350 e. The maximum atomic E-state index is 13.8. The molecule has 25 heavy (non-hydrogen) atoms. The molecular weight excluding hydrogens is 384 g/mol. The standard InChI is InChI=1S/C17H21ClFN3OS.ClH/c1-22-13(10-24-17(22)20-12-4-2-3-5-12)9-16(23)21-15-7-6-11(18)8-14(15)19;/h6-8,12-13H,2-5,9-10H2,1H3,(H,21,23);1H. The Labute approximate surface area is 163 Å². The summed E-state index contributed by atoms with van der Waals surface area (Å²) in [6.07, 6.45) is 5.16. The summed E-state index contributed by atoms with van der Waals surface area (Å²) in [6, 6.07) is 4.76. The number of carbonyl (C=O) groups is 1. The van der Waals surface area contributed by atoms with Crippen LogP contribution < -0.4 is 5.32 Å². The third kappa shape index (κ3) is 5.25. The molecule has 2 fully saturated rings. The van der Waals surface area contributed by atoms with Crippen molar-refractivity contribution in [1.29, 1.82) is 0 Å². The third-order valence-corrected chi connectivity index (χ3v) is 5.94. The number of benzene rings is 1. The number of rotatable bonds is 4. The molecular formula is C17H22Cl2FN3OS. The second kappa shape index (κ2) is 9.10. The number of anilines is 1. The Hall–Kier alpha value is -0.980. The number of hydrogen-bond acceptors (Lipinski definition) is 3. The first kappa shape index (κ1) is 20.3. The van der Waals surface area contributed by atoms with Crippen LogP contribution >= 0.6 is 35.8 Å². The highest BCUT2D eigenvalue weighted by atomic mass is 35.5.